The molecule has 0 bridgehead atoms. The highest BCUT2D eigenvalue weighted by molar-refractivity contribution is 9.12. The number of carbonyl (C=O) groups excluding carboxylic acids is 2. The molecule has 0 aromatic heterocycles. The molecular weight excluding hydrogens is 374 g/mol. The Labute approximate surface area is 127 Å². The smallest absolute Gasteiger partial charge is 0.277 e. The van der Waals surface area contributed by atoms with Crippen LogP contribution in [0.25, 0.3) is 0 Å². The third-order valence-corrected chi connectivity index (χ3v) is 3.67. The van der Waals surface area contributed by atoms with Crippen molar-refractivity contribution in [1.82, 2.24) is 0 Å². The van der Waals surface area contributed by atoms with E-state index in [9.17, 15) is 9.59 Å². The van der Waals surface area contributed by atoms with E-state index >= 15 is 0 Å². The van der Waals surface area contributed by atoms with Crippen LogP contribution in [0.15, 0.2) is 55.9 Å². The van der Waals surface area contributed by atoms with E-state index in [-0.39, 0.29) is 11.7 Å². The molecule has 0 saturated carbocycles. The van der Waals surface area contributed by atoms with Gasteiger partial charge in [0.25, 0.3) is 5.91 Å². The van der Waals surface area contributed by atoms with Gasteiger partial charge in [-0.3, -0.25) is 9.59 Å². The van der Waals surface area contributed by atoms with E-state index in [0.29, 0.717) is 21.3 Å². The minimum absolute atomic E-state index is 0.112. The van der Waals surface area contributed by atoms with Crippen LogP contribution in [0.4, 0.5) is 0 Å². The van der Waals surface area contributed by atoms with Crippen molar-refractivity contribution in [1.29, 1.82) is 0 Å². The number of amides is 1. The lowest BCUT2D eigenvalue weighted by atomic mass is 10.0. The van der Waals surface area contributed by atoms with Gasteiger partial charge in [-0.15, -0.1) is 0 Å². The highest BCUT2D eigenvalue weighted by Crippen LogP contribution is 2.20. The number of hydrogen-bond donors (Lipinski definition) is 0. The van der Waals surface area contributed by atoms with Crippen molar-refractivity contribution in [3.05, 3.63) is 56.5 Å². The SMILES string of the molecule is CC1=CC(=O)C=C(Br)C1=NC(=O)c1ccc(Br)cc1. The molecule has 0 aliphatic heterocycles. The van der Waals surface area contributed by atoms with Crippen LogP contribution in [0.5, 0.6) is 0 Å². The van der Waals surface area contributed by atoms with Gasteiger partial charge >= 0.3 is 0 Å². The first kappa shape index (κ1) is 14.1. The lowest BCUT2D eigenvalue weighted by Crippen LogP contribution is -2.12. The largest absolute Gasteiger partial charge is 0.290 e. The number of hydrogen-bond acceptors (Lipinski definition) is 2. The van der Waals surface area contributed by atoms with E-state index in [1.54, 1.807) is 31.2 Å². The molecule has 0 unspecified atom stereocenters. The molecule has 0 saturated heterocycles. The quantitative estimate of drug-likeness (QED) is 0.692. The van der Waals surface area contributed by atoms with Gasteiger partial charge in [0.2, 0.25) is 0 Å². The molecule has 19 heavy (non-hydrogen) atoms. The average molecular weight is 383 g/mol. The molecule has 0 heterocycles. The van der Waals surface area contributed by atoms with Gasteiger partial charge in [-0.05, 0) is 58.8 Å². The molecule has 1 aliphatic rings. The maximum Gasteiger partial charge on any atom is 0.277 e. The van der Waals surface area contributed by atoms with Crippen LogP contribution < -0.4 is 0 Å². The van der Waals surface area contributed by atoms with Gasteiger partial charge in [-0.2, -0.15) is 0 Å². The second kappa shape index (κ2) is 5.75. The fraction of sp³-hybridized carbons (Fsp3) is 0.0714. The van der Waals surface area contributed by atoms with Crippen molar-refractivity contribution in [3.63, 3.8) is 0 Å². The summed E-state index contributed by atoms with van der Waals surface area (Å²) in [5.74, 6) is -0.450. The van der Waals surface area contributed by atoms with Gasteiger partial charge < -0.3 is 0 Å². The van der Waals surface area contributed by atoms with E-state index in [1.807, 2.05) is 0 Å². The Morgan fingerprint density at radius 3 is 2.32 bits per heavy atom. The Bertz CT molecular complexity index is 616. The van der Waals surface area contributed by atoms with Crippen LogP contribution in [0.3, 0.4) is 0 Å². The molecule has 5 heteroatoms. The van der Waals surface area contributed by atoms with E-state index < -0.39 is 0 Å². The van der Waals surface area contributed by atoms with E-state index in [4.69, 9.17) is 0 Å². The first-order valence-electron chi connectivity index (χ1n) is 5.46. The number of nitrogens with zero attached hydrogens (tertiary/aromatic N) is 1. The summed E-state index contributed by atoms with van der Waals surface area (Å²) in [5.41, 5.74) is 1.66. The van der Waals surface area contributed by atoms with Crippen LogP contribution in [-0.2, 0) is 4.79 Å². The Balaban J connectivity index is 2.33. The topological polar surface area (TPSA) is 46.5 Å². The second-order valence-electron chi connectivity index (χ2n) is 3.99. The summed E-state index contributed by atoms with van der Waals surface area (Å²) in [4.78, 5) is 27.4. The van der Waals surface area contributed by atoms with Crippen molar-refractivity contribution < 1.29 is 9.59 Å². The normalized spacial score (nSPS) is 17.2. The van der Waals surface area contributed by atoms with Gasteiger partial charge in [0.1, 0.15) is 0 Å². The highest BCUT2D eigenvalue weighted by atomic mass is 79.9. The predicted octanol–water partition coefficient (Wildman–Crippen LogP) is 3.84. The summed E-state index contributed by atoms with van der Waals surface area (Å²) in [6.45, 7) is 1.75. The summed E-state index contributed by atoms with van der Waals surface area (Å²) in [5, 5.41) is 0. The fourth-order valence-corrected chi connectivity index (χ4v) is 2.50. The number of ketones is 1. The first-order valence-corrected chi connectivity index (χ1v) is 7.05. The fourth-order valence-electron chi connectivity index (χ4n) is 1.61. The van der Waals surface area contributed by atoms with Gasteiger partial charge in [-0.25, -0.2) is 4.99 Å². The van der Waals surface area contributed by atoms with Crippen molar-refractivity contribution in [2.75, 3.05) is 0 Å². The van der Waals surface area contributed by atoms with Crippen molar-refractivity contribution in [2.24, 2.45) is 4.99 Å². The molecule has 3 nitrogen and oxygen atoms in total. The molecule has 1 amide bonds. The van der Waals surface area contributed by atoms with Crippen LogP contribution in [0, 0.1) is 0 Å². The highest BCUT2D eigenvalue weighted by Gasteiger charge is 2.16. The monoisotopic (exact) mass is 381 g/mol. The number of halogens is 2. The van der Waals surface area contributed by atoms with E-state index in [1.165, 1.54) is 12.2 Å². The van der Waals surface area contributed by atoms with Crippen LogP contribution in [0.2, 0.25) is 0 Å². The number of aliphatic imine (C=N–C) groups is 1. The number of benzene rings is 1. The molecular formula is C14H9Br2NO2. The Hall–Kier alpha value is -1.33. The number of carbonyl (C=O) groups is 2. The second-order valence-corrected chi connectivity index (χ2v) is 5.76. The maximum atomic E-state index is 12.0. The lowest BCUT2D eigenvalue weighted by molar-refractivity contribution is -0.110. The van der Waals surface area contributed by atoms with Gasteiger partial charge in [0.15, 0.2) is 5.78 Å². The standard InChI is InChI=1S/C14H9Br2NO2/c1-8-6-11(18)7-12(16)13(8)17-14(19)9-2-4-10(15)5-3-9/h2-7H,1H3. The average Bonchev–Trinajstić information content (AvgIpc) is 2.34. The summed E-state index contributed by atoms with van der Waals surface area (Å²) in [7, 11) is 0. The lowest BCUT2D eigenvalue weighted by Gasteiger charge is -2.09. The zero-order valence-electron chi connectivity index (χ0n) is 9.98. The summed E-state index contributed by atoms with van der Waals surface area (Å²) in [6.07, 6.45) is 2.86. The van der Waals surface area contributed by atoms with Gasteiger partial charge in [0.05, 0.1) is 5.71 Å². The van der Waals surface area contributed by atoms with Crippen LogP contribution in [-0.4, -0.2) is 17.4 Å². The molecule has 2 rings (SSSR count). The minimum Gasteiger partial charge on any atom is -0.290 e. The van der Waals surface area contributed by atoms with Gasteiger partial charge in [0, 0.05) is 20.6 Å². The third-order valence-electron chi connectivity index (χ3n) is 2.53. The molecule has 0 atom stereocenters. The number of allylic oxidation sites excluding steroid dienone is 4. The molecule has 0 spiro atoms. The summed E-state index contributed by atoms with van der Waals surface area (Å²) < 4.78 is 1.43. The minimum atomic E-state index is -0.338. The van der Waals surface area contributed by atoms with Crippen molar-refractivity contribution in [2.45, 2.75) is 6.92 Å². The molecule has 1 aliphatic carbocycles. The molecule has 96 valence electrons. The first-order chi connectivity index (χ1) is 8.97. The van der Waals surface area contributed by atoms with E-state index in [2.05, 4.69) is 36.9 Å². The van der Waals surface area contributed by atoms with E-state index in [0.717, 1.165) is 4.47 Å². The predicted molar refractivity (Wildman–Crippen MR) is 81.7 cm³/mol. The van der Waals surface area contributed by atoms with Crippen molar-refractivity contribution >= 4 is 49.3 Å². The Morgan fingerprint density at radius 1 is 1.11 bits per heavy atom. The Kier molecular flexibility index (Phi) is 4.27. The molecule has 0 fully saturated rings. The summed E-state index contributed by atoms with van der Waals surface area (Å²) in [6, 6.07) is 6.96. The third kappa shape index (κ3) is 3.36. The molecule has 0 radical (unpaired) electrons. The summed E-state index contributed by atoms with van der Waals surface area (Å²) >= 11 is 6.57. The van der Waals surface area contributed by atoms with Crippen LogP contribution in [0.1, 0.15) is 17.3 Å². The maximum absolute atomic E-state index is 12.0. The molecule has 1 aromatic rings. The number of rotatable bonds is 1. The molecule has 0 N–H and O–H groups in total. The molecule has 1 aromatic carbocycles. The Morgan fingerprint density at radius 2 is 1.74 bits per heavy atom. The van der Waals surface area contributed by atoms with Crippen molar-refractivity contribution in [3.8, 4) is 0 Å². The zero-order valence-corrected chi connectivity index (χ0v) is 13.2. The zero-order chi connectivity index (χ0) is 14.0. The van der Waals surface area contributed by atoms with Crippen LogP contribution >= 0.6 is 31.9 Å². The van der Waals surface area contributed by atoms with Gasteiger partial charge in [-0.1, -0.05) is 15.9 Å².